The van der Waals surface area contributed by atoms with E-state index in [1.54, 1.807) is 6.08 Å². The summed E-state index contributed by atoms with van der Waals surface area (Å²) in [5.74, 6) is -0.939. The van der Waals surface area contributed by atoms with E-state index in [0.717, 1.165) is 23.0 Å². The van der Waals surface area contributed by atoms with Crippen LogP contribution >= 0.6 is 0 Å². The van der Waals surface area contributed by atoms with E-state index in [2.05, 4.69) is 60.2 Å². The van der Waals surface area contributed by atoms with Gasteiger partial charge in [0, 0.05) is 24.2 Å². The number of aromatic nitrogens is 1. The number of carboxylic acid groups (broad SMARTS) is 1. The van der Waals surface area contributed by atoms with Crippen molar-refractivity contribution < 1.29 is 9.90 Å². The van der Waals surface area contributed by atoms with Crippen LogP contribution in [0.2, 0.25) is 0 Å². The van der Waals surface area contributed by atoms with Crippen LogP contribution in [0.5, 0.6) is 0 Å². The highest BCUT2D eigenvalue weighted by atomic mass is 16.4. The van der Waals surface area contributed by atoms with E-state index in [0.29, 0.717) is 0 Å². The Bertz CT molecular complexity index is 1150. The smallest absolute Gasteiger partial charge is 0.328 e. The Labute approximate surface area is 151 Å². The fraction of sp³-hybridized carbons (Fsp3) is 0.0870. The number of fused-ring (bicyclic) bond motifs is 2. The molecule has 0 spiro atoms. The summed E-state index contributed by atoms with van der Waals surface area (Å²) >= 11 is 0. The van der Waals surface area contributed by atoms with Crippen molar-refractivity contribution in [2.45, 2.75) is 13.5 Å². The maximum absolute atomic E-state index is 10.9. The van der Waals surface area contributed by atoms with Gasteiger partial charge in [-0.2, -0.15) is 0 Å². The summed E-state index contributed by atoms with van der Waals surface area (Å²) in [6, 6.07) is 20.9. The van der Waals surface area contributed by atoms with Gasteiger partial charge >= 0.3 is 5.97 Å². The van der Waals surface area contributed by atoms with E-state index in [9.17, 15) is 4.79 Å². The normalized spacial score (nSPS) is 11.6. The van der Waals surface area contributed by atoms with E-state index in [1.807, 2.05) is 18.2 Å². The van der Waals surface area contributed by atoms with E-state index >= 15 is 0 Å². The van der Waals surface area contributed by atoms with Crippen LogP contribution in [-0.4, -0.2) is 15.6 Å². The van der Waals surface area contributed by atoms with Gasteiger partial charge in [-0.3, -0.25) is 0 Å². The second kappa shape index (κ2) is 6.52. The highest BCUT2D eigenvalue weighted by molar-refractivity contribution is 5.94. The van der Waals surface area contributed by atoms with Gasteiger partial charge in [-0.15, -0.1) is 0 Å². The molecule has 3 nitrogen and oxygen atoms in total. The highest BCUT2D eigenvalue weighted by Gasteiger charge is 2.09. The number of hydrogen-bond donors (Lipinski definition) is 1. The fourth-order valence-corrected chi connectivity index (χ4v) is 3.52. The predicted molar refractivity (Wildman–Crippen MR) is 106 cm³/mol. The number of para-hydroxylation sites is 1. The Morgan fingerprint density at radius 3 is 2.65 bits per heavy atom. The minimum absolute atomic E-state index is 0.743. The Hall–Kier alpha value is -3.33. The molecule has 128 valence electrons. The first-order chi connectivity index (χ1) is 12.6. The highest BCUT2D eigenvalue weighted by Crippen LogP contribution is 2.27. The molecule has 0 aliphatic carbocycles. The Balaban J connectivity index is 1.81. The van der Waals surface area contributed by atoms with Gasteiger partial charge in [-0.05, 0) is 46.5 Å². The van der Waals surface area contributed by atoms with Crippen LogP contribution in [-0.2, 0) is 11.3 Å². The summed E-state index contributed by atoms with van der Waals surface area (Å²) in [6.45, 7) is 2.83. The Kier molecular flexibility index (Phi) is 4.05. The first-order valence-corrected chi connectivity index (χ1v) is 8.59. The number of aryl methyl sites for hydroxylation is 1. The molecule has 0 unspecified atom stereocenters. The van der Waals surface area contributed by atoms with Gasteiger partial charge in [0.15, 0.2) is 0 Å². The lowest BCUT2D eigenvalue weighted by atomic mass is 10.1. The second-order valence-electron chi connectivity index (χ2n) is 6.54. The van der Waals surface area contributed by atoms with E-state index in [1.165, 1.54) is 28.0 Å². The molecule has 1 N–H and O–H groups in total. The minimum Gasteiger partial charge on any atom is -0.478 e. The topological polar surface area (TPSA) is 42.2 Å². The number of carboxylic acids is 1. The van der Waals surface area contributed by atoms with Crippen LogP contribution in [0, 0.1) is 6.92 Å². The van der Waals surface area contributed by atoms with Gasteiger partial charge in [-0.25, -0.2) is 4.79 Å². The molecule has 3 aromatic carbocycles. The van der Waals surface area contributed by atoms with Crippen molar-refractivity contribution in [3.63, 3.8) is 0 Å². The SMILES string of the molecule is Cc1cn(Cc2ccc3ccccc3c2)c2c(/C=C/C(=O)O)cccc12. The first-order valence-electron chi connectivity index (χ1n) is 8.59. The maximum atomic E-state index is 10.9. The van der Waals surface area contributed by atoms with Crippen molar-refractivity contribution in [2.24, 2.45) is 0 Å². The predicted octanol–water partition coefficient (Wildman–Crippen LogP) is 5.25. The van der Waals surface area contributed by atoms with Crippen molar-refractivity contribution >= 4 is 33.7 Å². The summed E-state index contributed by atoms with van der Waals surface area (Å²) in [7, 11) is 0. The average molecular weight is 341 g/mol. The quantitative estimate of drug-likeness (QED) is 0.515. The molecule has 3 heteroatoms. The molecule has 0 bridgehead atoms. The maximum Gasteiger partial charge on any atom is 0.328 e. The van der Waals surface area contributed by atoms with Crippen LogP contribution in [0.25, 0.3) is 27.8 Å². The molecule has 0 aliphatic rings. The Morgan fingerprint density at radius 1 is 1.04 bits per heavy atom. The van der Waals surface area contributed by atoms with Gasteiger partial charge in [-0.1, -0.05) is 54.6 Å². The van der Waals surface area contributed by atoms with Crippen molar-refractivity contribution in [1.82, 2.24) is 4.57 Å². The number of aliphatic carboxylic acids is 1. The molecule has 1 heterocycles. The van der Waals surface area contributed by atoms with E-state index in [4.69, 9.17) is 5.11 Å². The lowest BCUT2D eigenvalue weighted by molar-refractivity contribution is -0.131. The molecule has 0 saturated heterocycles. The third kappa shape index (κ3) is 3.00. The summed E-state index contributed by atoms with van der Waals surface area (Å²) in [5.41, 5.74) is 4.39. The molecule has 0 aliphatic heterocycles. The van der Waals surface area contributed by atoms with Gasteiger partial charge < -0.3 is 9.67 Å². The molecule has 0 saturated carbocycles. The molecular weight excluding hydrogens is 322 g/mol. The third-order valence-corrected chi connectivity index (χ3v) is 4.70. The zero-order valence-electron chi connectivity index (χ0n) is 14.5. The number of benzene rings is 3. The standard InChI is InChI=1S/C23H19NO2/c1-16-14-24(15-17-9-10-18-5-2-3-6-20(18)13-17)23-19(11-12-22(25)26)7-4-8-21(16)23/h2-14H,15H2,1H3,(H,25,26)/b12-11+. The third-order valence-electron chi connectivity index (χ3n) is 4.70. The van der Waals surface area contributed by atoms with E-state index < -0.39 is 5.97 Å². The fourth-order valence-electron chi connectivity index (χ4n) is 3.52. The van der Waals surface area contributed by atoms with Gasteiger partial charge in [0.2, 0.25) is 0 Å². The molecule has 1 aromatic heterocycles. The van der Waals surface area contributed by atoms with Gasteiger partial charge in [0.05, 0.1) is 5.52 Å². The van der Waals surface area contributed by atoms with Crippen LogP contribution in [0.3, 0.4) is 0 Å². The van der Waals surface area contributed by atoms with Crippen LogP contribution < -0.4 is 0 Å². The number of carbonyl (C=O) groups is 1. The van der Waals surface area contributed by atoms with Crippen LogP contribution in [0.1, 0.15) is 16.7 Å². The zero-order valence-corrected chi connectivity index (χ0v) is 14.5. The van der Waals surface area contributed by atoms with Crippen LogP contribution in [0.15, 0.2) is 72.9 Å². The lowest BCUT2D eigenvalue weighted by Gasteiger charge is -2.09. The largest absolute Gasteiger partial charge is 0.478 e. The summed E-state index contributed by atoms with van der Waals surface area (Å²) in [4.78, 5) is 10.9. The van der Waals surface area contributed by atoms with Gasteiger partial charge in [0.1, 0.15) is 0 Å². The minimum atomic E-state index is -0.939. The Morgan fingerprint density at radius 2 is 1.85 bits per heavy atom. The summed E-state index contributed by atoms with van der Waals surface area (Å²) in [5, 5.41) is 12.6. The second-order valence-corrected chi connectivity index (χ2v) is 6.54. The summed E-state index contributed by atoms with van der Waals surface area (Å²) in [6.07, 6.45) is 5.00. The van der Waals surface area contributed by atoms with Crippen molar-refractivity contribution in [2.75, 3.05) is 0 Å². The molecule has 26 heavy (non-hydrogen) atoms. The number of hydrogen-bond acceptors (Lipinski definition) is 1. The molecular formula is C23H19NO2. The van der Waals surface area contributed by atoms with Crippen molar-refractivity contribution in [3.8, 4) is 0 Å². The van der Waals surface area contributed by atoms with Crippen molar-refractivity contribution in [3.05, 3.63) is 89.6 Å². The molecule has 4 rings (SSSR count). The molecule has 4 aromatic rings. The van der Waals surface area contributed by atoms with Gasteiger partial charge in [0.25, 0.3) is 0 Å². The molecule has 0 radical (unpaired) electrons. The lowest BCUT2D eigenvalue weighted by Crippen LogP contribution is -1.99. The zero-order chi connectivity index (χ0) is 18.1. The number of rotatable bonds is 4. The summed E-state index contributed by atoms with van der Waals surface area (Å²) < 4.78 is 2.20. The first kappa shape index (κ1) is 16.2. The van der Waals surface area contributed by atoms with Crippen molar-refractivity contribution in [1.29, 1.82) is 0 Å². The molecule has 0 amide bonds. The monoisotopic (exact) mass is 341 g/mol. The molecule has 0 atom stereocenters. The molecule has 0 fully saturated rings. The number of nitrogens with zero attached hydrogens (tertiary/aromatic N) is 1. The average Bonchev–Trinajstić information content (AvgIpc) is 2.96. The van der Waals surface area contributed by atoms with Crippen LogP contribution in [0.4, 0.5) is 0 Å². The van der Waals surface area contributed by atoms with E-state index in [-0.39, 0.29) is 0 Å².